The number of aromatic amines is 1. The third-order valence-electron chi connectivity index (χ3n) is 3.83. The first-order valence-corrected chi connectivity index (χ1v) is 7.15. The second-order valence-corrected chi connectivity index (χ2v) is 5.46. The van der Waals surface area contributed by atoms with E-state index in [1.165, 1.54) is 0 Å². The first-order chi connectivity index (χ1) is 10.0. The van der Waals surface area contributed by atoms with Gasteiger partial charge in [0.05, 0.1) is 24.4 Å². The zero-order chi connectivity index (χ0) is 15.1. The third kappa shape index (κ3) is 2.06. The van der Waals surface area contributed by atoms with Gasteiger partial charge in [0.15, 0.2) is 4.77 Å². The van der Waals surface area contributed by atoms with E-state index in [2.05, 4.69) is 21.6 Å². The summed E-state index contributed by atoms with van der Waals surface area (Å²) >= 11 is 5.50. The van der Waals surface area contributed by atoms with E-state index in [1.54, 1.807) is 7.11 Å². The van der Waals surface area contributed by atoms with Crippen LogP contribution in [0.2, 0.25) is 0 Å². The van der Waals surface area contributed by atoms with Crippen LogP contribution in [-0.2, 0) is 0 Å². The van der Waals surface area contributed by atoms with E-state index >= 15 is 0 Å². The molecular weight excluding hydrogens is 286 g/mol. The Bertz CT molecular complexity index is 840. The SMILES string of the molecule is COc1cccc2c1[nH]c(=S)n2C(C)c1c(C)noc1C. The maximum atomic E-state index is 5.50. The van der Waals surface area contributed by atoms with Crippen molar-refractivity contribution < 1.29 is 9.26 Å². The van der Waals surface area contributed by atoms with E-state index in [0.717, 1.165) is 33.8 Å². The van der Waals surface area contributed by atoms with Crippen LogP contribution < -0.4 is 4.74 Å². The van der Waals surface area contributed by atoms with Crippen LogP contribution in [0.1, 0.15) is 30.0 Å². The minimum atomic E-state index is 0.0320. The standard InChI is InChI=1S/C15H17N3O2S/c1-8-13(10(3)20-17-8)9(2)18-11-6-5-7-12(19-4)14(11)16-15(18)21/h5-7,9H,1-4H3,(H,16,21). The summed E-state index contributed by atoms with van der Waals surface area (Å²) in [5.41, 5.74) is 3.87. The van der Waals surface area contributed by atoms with Crippen LogP contribution in [0.4, 0.5) is 0 Å². The van der Waals surface area contributed by atoms with Crippen molar-refractivity contribution in [2.45, 2.75) is 26.8 Å². The fraction of sp³-hybridized carbons (Fsp3) is 0.333. The Morgan fingerprint density at radius 2 is 2.14 bits per heavy atom. The van der Waals surface area contributed by atoms with Crippen molar-refractivity contribution in [1.29, 1.82) is 0 Å². The summed E-state index contributed by atoms with van der Waals surface area (Å²) in [6.45, 7) is 5.96. The van der Waals surface area contributed by atoms with Crippen molar-refractivity contribution in [2.24, 2.45) is 0 Å². The van der Waals surface area contributed by atoms with Gasteiger partial charge in [-0.15, -0.1) is 0 Å². The Morgan fingerprint density at radius 3 is 2.76 bits per heavy atom. The zero-order valence-electron chi connectivity index (χ0n) is 12.4. The molecule has 0 fully saturated rings. The van der Waals surface area contributed by atoms with Crippen LogP contribution in [0.15, 0.2) is 22.7 Å². The summed E-state index contributed by atoms with van der Waals surface area (Å²) in [6, 6.07) is 5.93. The highest BCUT2D eigenvalue weighted by atomic mass is 32.1. The van der Waals surface area contributed by atoms with Crippen LogP contribution in [0.3, 0.4) is 0 Å². The number of hydrogen-bond donors (Lipinski definition) is 1. The molecule has 2 heterocycles. The highest BCUT2D eigenvalue weighted by Crippen LogP contribution is 2.31. The molecule has 1 aromatic carbocycles. The van der Waals surface area contributed by atoms with Crippen LogP contribution in [-0.4, -0.2) is 21.8 Å². The number of aromatic nitrogens is 3. The zero-order valence-corrected chi connectivity index (χ0v) is 13.2. The predicted molar refractivity (Wildman–Crippen MR) is 83.5 cm³/mol. The number of hydrogen-bond acceptors (Lipinski definition) is 4. The number of ether oxygens (including phenoxy) is 1. The fourth-order valence-electron chi connectivity index (χ4n) is 2.89. The van der Waals surface area contributed by atoms with Gasteiger partial charge in [0, 0.05) is 5.56 Å². The Hall–Kier alpha value is -2.08. The molecule has 0 aliphatic heterocycles. The number of H-pyrrole nitrogens is 1. The predicted octanol–water partition coefficient (Wildman–Crippen LogP) is 3.92. The van der Waals surface area contributed by atoms with Gasteiger partial charge in [0.1, 0.15) is 17.0 Å². The van der Waals surface area contributed by atoms with E-state index in [9.17, 15) is 0 Å². The molecule has 1 unspecified atom stereocenters. The Labute approximate surface area is 127 Å². The summed E-state index contributed by atoms with van der Waals surface area (Å²) in [7, 11) is 1.65. The molecule has 1 N–H and O–H groups in total. The van der Waals surface area contributed by atoms with Gasteiger partial charge in [-0.1, -0.05) is 11.2 Å². The molecule has 0 radical (unpaired) electrons. The number of para-hydroxylation sites is 1. The Balaban J connectivity index is 2.26. The average Bonchev–Trinajstić information content (AvgIpc) is 2.97. The number of fused-ring (bicyclic) bond motifs is 1. The minimum Gasteiger partial charge on any atom is -0.494 e. The van der Waals surface area contributed by atoms with Crippen molar-refractivity contribution in [3.8, 4) is 5.75 Å². The summed E-state index contributed by atoms with van der Waals surface area (Å²) in [5.74, 6) is 1.60. The first kappa shape index (κ1) is 13.9. The van der Waals surface area contributed by atoms with Crippen LogP contribution in [0.25, 0.3) is 11.0 Å². The second kappa shape index (κ2) is 5.04. The molecule has 3 rings (SSSR count). The summed E-state index contributed by atoms with van der Waals surface area (Å²) in [4.78, 5) is 3.23. The molecule has 0 aliphatic rings. The van der Waals surface area contributed by atoms with Gasteiger partial charge >= 0.3 is 0 Å². The van der Waals surface area contributed by atoms with Gasteiger partial charge in [0.2, 0.25) is 0 Å². The topological polar surface area (TPSA) is 56.0 Å². The second-order valence-electron chi connectivity index (χ2n) is 5.07. The molecule has 0 saturated carbocycles. The monoisotopic (exact) mass is 303 g/mol. The van der Waals surface area contributed by atoms with E-state index in [0.29, 0.717) is 4.77 Å². The number of nitrogens with one attached hydrogen (secondary N) is 1. The quantitative estimate of drug-likeness (QED) is 0.745. The lowest BCUT2D eigenvalue weighted by Crippen LogP contribution is -2.08. The molecule has 2 aromatic heterocycles. The molecule has 21 heavy (non-hydrogen) atoms. The van der Waals surface area contributed by atoms with Gasteiger partial charge in [-0.3, -0.25) is 0 Å². The maximum absolute atomic E-state index is 5.50. The molecule has 0 saturated heterocycles. The summed E-state index contributed by atoms with van der Waals surface area (Å²) < 4.78 is 13.4. The average molecular weight is 303 g/mol. The summed E-state index contributed by atoms with van der Waals surface area (Å²) in [5, 5.41) is 4.03. The van der Waals surface area contributed by atoms with Gasteiger partial charge in [-0.25, -0.2) is 0 Å². The molecule has 0 amide bonds. The van der Waals surface area contributed by atoms with Gasteiger partial charge in [0.25, 0.3) is 0 Å². The van der Waals surface area contributed by atoms with E-state index < -0.39 is 0 Å². The molecule has 0 spiro atoms. The van der Waals surface area contributed by atoms with Crippen LogP contribution >= 0.6 is 12.2 Å². The number of methoxy groups -OCH3 is 1. The third-order valence-corrected chi connectivity index (χ3v) is 4.13. The Morgan fingerprint density at radius 1 is 1.38 bits per heavy atom. The van der Waals surface area contributed by atoms with E-state index in [1.807, 2.05) is 32.0 Å². The number of imidazole rings is 1. The highest BCUT2D eigenvalue weighted by Gasteiger charge is 2.21. The maximum Gasteiger partial charge on any atom is 0.178 e. The van der Waals surface area contributed by atoms with Crippen molar-refractivity contribution in [1.82, 2.24) is 14.7 Å². The van der Waals surface area contributed by atoms with Crippen LogP contribution in [0, 0.1) is 18.6 Å². The minimum absolute atomic E-state index is 0.0320. The Kier molecular flexibility index (Phi) is 3.33. The smallest absolute Gasteiger partial charge is 0.178 e. The summed E-state index contributed by atoms with van der Waals surface area (Å²) in [6.07, 6.45) is 0. The van der Waals surface area contributed by atoms with Crippen molar-refractivity contribution in [3.05, 3.63) is 40.0 Å². The van der Waals surface area contributed by atoms with E-state index in [4.69, 9.17) is 21.5 Å². The van der Waals surface area contributed by atoms with Crippen molar-refractivity contribution >= 4 is 23.3 Å². The number of aryl methyl sites for hydroxylation is 2. The van der Waals surface area contributed by atoms with Gasteiger partial charge in [-0.2, -0.15) is 0 Å². The molecule has 6 heteroatoms. The van der Waals surface area contributed by atoms with Gasteiger partial charge < -0.3 is 18.8 Å². The molecule has 0 bridgehead atoms. The molecule has 3 aromatic rings. The lowest BCUT2D eigenvalue weighted by atomic mass is 10.1. The molecule has 1 atom stereocenters. The van der Waals surface area contributed by atoms with Crippen LogP contribution in [0.5, 0.6) is 5.75 Å². The first-order valence-electron chi connectivity index (χ1n) is 6.74. The number of nitrogens with zero attached hydrogens (tertiary/aromatic N) is 2. The van der Waals surface area contributed by atoms with Crippen molar-refractivity contribution in [3.63, 3.8) is 0 Å². The molecule has 110 valence electrons. The lowest BCUT2D eigenvalue weighted by Gasteiger charge is -2.14. The van der Waals surface area contributed by atoms with Crippen molar-refractivity contribution in [2.75, 3.05) is 7.11 Å². The molecular formula is C15H17N3O2S. The molecule has 0 aliphatic carbocycles. The normalized spacial score (nSPS) is 12.8. The van der Waals surface area contributed by atoms with Gasteiger partial charge in [-0.05, 0) is 45.1 Å². The number of benzene rings is 1. The highest BCUT2D eigenvalue weighted by molar-refractivity contribution is 7.71. The fourth-order valence-corrected chi connectivity index (χ4v) is 3.25. The molecule has 5 nitrogen and oxygen atoms in total. The van der Waals surface area contributed by atoms with E-state index in [-0.39, 0.29) is 6.04 Å². The largest absolute Gasteiger partial charge is 0.494 e. The lowest BCUT2D eigenvalue weighted by molar-refractivity contribution is 0.391. The number of rotatable bonds is 3.